The molecule has 6 rings (SSSR count). The van der Waals surface area contributed by atoms with E-state index >= 15 is 4.79 Å². The molecule has 0 amide bonds. The van der Waals surface area contributed by atoms with Crippen LogP contribution in [0.5, 0.6) is 11.5 Å². The Balaban J connectivity index is 1.53. The van der Waals surface area contributed by atoms with Crippen LogP contribution >= 0.6 is 0 Å². The van der Waals surface area contributed by atoms with E-state index in [1.165, 1.54) is 60.9 Å². The minimum Gasteiger partial charge on any atom is -0.508 e. The van der Waals surface area contributed by atoms with Crippen molar-refractivity contribution in [2.75, 3.05) is 0 Å². The molecule has 50 heavy (non-hydrogen) atoms. The molecule has 0 spiro atoms. The molecule has 0 aliphatic rings. The molecule has 6 aromatic rings. The molecule has 4 N–H and O–H groups in total. The Morgan fingerprint density at radius 1 is 0.520 bits per heavy atom. The zero-order valence-electron chi connectivity index (χ0n) is 27.8. The number of aromatic nitrogens is 2. The Bertz CT molecular complexity index is 2270. The molecule has 0 aliphatic heterocycles. The van der Waals surface area contributed by atoms with Crippen molar-refractivity contribution >= 4 is 25.5 Å². The number of benzene rings is 4. The summed E-state index contributed by atoms with van der Waals surface area (Å²) >= 11 is 0. The summed E-state index contributed by atoms with van der Waals surface area (Å²) in [5.41, 5.74) is 4.19. The maximum absolute atomic E-state index is 15.2. The molecule has 0 aliphatic carbocycles. The third-order valence-electron chi connectivity index (χ3n) is 8.82. The van der Waals surface area contributed by atoms with Gasteiger partial charge in [-0.05, 0) is 87.4 Å². The molecule has 256 valence electrons. The van der Waals surface area contributed by atoms with Gasteiger partial charge in [-0.25, -0.2) is 16.8 Å². The smallest absolute Gasteiger partial charge is 0.221 e. The Hall–Kier alpha value is -5.39. The van der Waals surface area contributed by atoms with Gasteiger partial charge in [-0.3, -0.25) is 4.79 Å². The van der Waals surface area contributed by atoms with Crippen LogP contribution in [0.15, 0.2) is 129 Å². The van der Waals surface area contributed by atoms with Gasteiger partial charge in [0.1, 0.15) is 21.6 Å². The summed E-state index contributed by atoms with van der Waals surface area (Å²) in [6.07, 6.45) is 2.84. The van der Waals surface area contributed by atoms with E-state index in [1.807, 2.05) is 13.8 Å². The lowest BCUT2D eigenvalue weighted by molar-refractivity contribution is -0.120. The van der Waals surface area contributed by atoms with Crippen LogP contribution in [-0.4, -0.2) is 42.8 Å². The molecule has 0 fully saturated rings. The molecule has 2 heterocycles. The average molecular weight is 709 g/mol. The molecule has 4 aromatic carbocycles. The van der Waals surface area contributed by atoms with Gasteiger partial charge in [-0.2, -0.15) is 0 Å². The highest BCUT2D eigenvalue weighted by molar-refractivity contribution is 7.91. The zero-order valence-corrected chi connectivity index (χ0v) is 29.4. The normalized spacial score (nSPS) is 13.2. The summed E-state index contributed by atoms with van der Waals surface area (Å²) in [6, 6.07) is 25.1. The number of sulfone groups is 2. The number of hydrogen-bond donors (Lipinski definition) is 4. The molecular formula is C39H36N2O7S2. The van der Waals surface area contributed by atoms with Gasteiger partial charge < -0.3 is 20.2 Å². The van der Waals surface area contributed by atoms with Gasteiger partial charge in [0.15, 0.2) is 5.78 Å². The first-order valence-electron chi connectivity index (χ1n) is 15.8. The van der Waals surface area contributed by atoms with Crippen LogP contribution in [0.4, 0.5) is 0 Å². The van der Waals surface area contributed by atoms with Gasteiger partial charge in [0, 0.05) is 23.5 Å². The summed E-state index contributed by atoms with van der Waals surface area (Å²) in [5.74, 6) is -3.41. The fourth-order valence-corrected chi connectivity index (χ4v) is 8.59. The summed E-state index contributed by atoms with van der Waals surface area (Å²) < 4.78 is 54.6. The van der Waals surface area contributed by atoms with Crippen LogP contribution in [0.1, 0.15) is 56.3 Å². The fourth-order valence-electron chi connectivity index (χ4n) is 6.08. The van der Waals surface area contributed by atoms with Crippen molar-refractivity contribution in [3.05, 3.63) is 154 Å². The van der Waals surface area contributed by atoms with Crippen molar-refractivity contribution in [2.24, 2.45) is 0 Å². The molecule has 9 nitrogen and oxygen atoms in total. The predicted octanol–water partition coefficient (Wildman–Crippen LogP) is 7.19. The van der Waals surface area contributed by atoms with Gasteiger partial charge in [0.25, 0.3) is 0 Å². The molecular weight excluding hydrogens is 673 g/mol. The van der Waals surface area contributed by atoms with Crippen molar-refractivity contribution in [1.82, 2.24) is 9.97 Å². The molecule has 11 heteroatoms. The second kappa shape index (κ2) is 13.1. The van der Waals surface area contributed by atoms with Crippen LogP contribution in [0.2, 0.25) is 0 Å². The van der Waals surface area contributed by atoms with E-state index in [0.717, 1.165) is 22.3 Å². The maximum atomic E-state index is 15.2. The predicted molar refractivity (Wildman–Crippen MR) is 189 cm³/mol. The second-order valence-electron chi connectivity index (χ2n) is 12.6. The quantitative estimate of drug-likeness (QED) is 0.117. The largest absolute Gasteiger partial charge is 0.508 e. The number of carbonyl (C=O) groups excluding carboxylic acids is 1. The Kier molecular flexibility index (Phi) is 9.06. The van der Waals surface area contributed by atoms with Crippen molar-refractivity contribution in [3.8, 4) is 11.5 Å². The summed E-state index contributed by atoms with van der Waals surface area (Å²) in [4.78, 5) is 20.9. The first-order valence-corrected chi connectivity index (χ1v) is 18.8. The number of rotatable bonds is 10. The number of aromatic hydroxyl groups is 2. The minimum atomic E-state index is -4.01. The highest BCUT2D eigenvalue weighted by atomic mass is 32.2. The van der Waals surface area contributed by atoms with E-state index in [-0.39, 0.29) is 53.6 Å². The number of aryl methyl sites for hydroxylation is 4. The second-order valence-corrected chi connectivity index (χ2v) is 16.5. The number of carbonyl (C=O) groups is 1. The summed E-state index contributed by atoms with van der Waals surface area (Å²) in [7, 11) is -8.03. The number of aromatic amines is 2. The standard InChI is InChI=1S/C39H36N2O7S2/c1-23-5-11-29(12-6-23)49(45,46)35-19-27(21-40-35)37(31-17-25(3)9-15-33(31)42)39(44)38(32-18-26(4)10-16-34(32)43)28-20-36(41-22-28)50(47,48)30-13-7-24(2)8-14-30/h5-22,37-38,40-43H,1-4H3. The monoisotopic (exact) mass is 708 g/mol. The Morgan fingerprint density at radius 3 is 1.22 bits per heavy atom. The number of Topliss-reactive ketones (excluding diaryl/α,β-unsaturated/α-hetero) is 1. The molecule has 0 radical (unpaired) electrons. The lowest BCUT2D eigenvalue weighted by Crippen LogP contribution is -2.23. The third kappa shape index (κ3) is 6.49. The van der Waals surface area contributed by atoms with Crippen molar-refractivity contribution in [1.29, 1.82) is 0 Å². The van der Waals surface area contributed by atoms with Crippen LogP contribution < -0.4 is 0 Å². The van der Waals surface area contributed by atoms with Crippen molar-refractivity contribution in [3.63, 3.8) is 0 Å². The lowest BCUT2D eigenvalue weighted by atomic mass is 9.77. The van der Waals surface area contributed by atoms with E-state index in [9.17, 15) is 27.0 Å². The van der Waals surface area contributed by atoms with E-state index in [2.05, 4.69) is 9.97 Å². The number of nitrogens with one attached hydrogen (secondary N) is 2. The van der Waals surface area contributed by atoms with E-state index in [0.29, 0.717) is 0 Å². The zero-order chi connectivity index (χ0) is 36.0. The first kappa shape index (κ1) is 34.5. The Morgan fingerprint density at radius 2 is 0.860 bits per heavy atom. The first-order chi connectivity index (χ1) is 23.7. The van der Waals surface area contributed by atoms with Crippen molar-refractivity contribution in [2.45, 2.75) is 59.4 Å². The van der Waals surface area contributed by atoms with E-state index in [1.54, 1.807) is 62.4 Å². The van der Waals surface area contributed by atoms with Crippen molar-refractivity contribution < 1.29 is 31.8 Å². The van der Waals surface area contributed by atoms with Gasteiger partial charge in [-0.1, -0.05) is 70.8 Å². The average Bonchev–Trinajstić information content (AvgIpc) is 3.77. The van der Waals surface area contributed by atoms with E-state index < -0.39 is 37.3 Å². The number of H-pyrrole nitrogens is 2. The topological polar surface area (TPSA) is 157 Å². The van der Waals surface area contributed by atoms with Gasteiger partial charge >= 0.3 is 0 Å². The number of hydrogen-bond acceptors (Lipinski definition) is 7. The molecule has 0 saturated carbocycles. The van der Waals surface area contributed by atoms with Crippen LogP contribution in [0.3, 0.4) is 0 Å². The maximum Gasteiger partial charge on any atom is 0.221 e. The van der Waals surface area contributed by atoms with Crippen LogP contribution in [0.25, 0.3) is 0 Å². The molecule has 2 atom stereocenters. The highest BCUT2D eigenvalue weighted by Crippen LogP contribution is 2.43. The Labute approximate surface area is 291 Å². The minimum absolute atomic E-state index is 0.0648. The van der Waals surface area contributed by atoms with Gasteiger partial charge in [0.05, 0.1) is 21.6 Å². The molecule has 0 bridgehead atoms. The van der Waals surface area contributed by atoms with Crippen LogP contribution in [-0.2, 0) is 24.5 Å². The molecule has 2 unspecified atom stereocenters. The highest BCUT2D eigenvalue weighted by Gasteiger charge is 2.37. The number of phenols is 2. The third-order valence-corrected chi connectivity index (χ3v) is 12.2. The van der Waals surface area contributed by atoms with E-state index in [4.69, 9.17) is 0 Å². The number of ketones is 1. The fraction of sp³-hybridized carbons (Fsp3) is 0.154. The SMILES string of the molecule is Cc1ccc(S(=O)(=O)c2cc(C(C(=O)C(c3c[nH]c(S(=O)(=O)c4ccc(C)cc4)c3)c3cc(C)ccc3O)c3cc(C)ccc3O)c[nH]2)cc1. The molecule has 0 saturated heterocycles. The summed E-state index contributed by atoms with van der Waals surface area (Å²) in [5, 5.41) is 22.0. The summed E-state index contributed by atoms with van der Waals surface area (Å²) in [6.45, 7) is 7.29. The molecule has 2 aromatic heterocycles. The van der Waals surface area contributed by atoms with Gasteiger partial charge in [0.2, 0.25) is 19.7 Å². The van der Waals surface area contributed by atoms with Gasteiger partial charge in [-0.15, -0.1) is 0 Å². The van der Waals surface area contributed by atoms with Crippen LogP contribution in [0, 0.1) is 27.7 Å². The number of phenolic OH excluding ortho intramolecular Hbond substituents is 2. The lowest BCUT2D eigenvalue weighted by Gasteiger charge is -2.24.